The van der Waals surface area contributed by atoms with Crippen molar-refractivity contribution in [1.82, 2.24) is 0 Å². The van der Waals surface area contributed by atoms with Gasteiger partial charge in [-0.05, 0) is 13.8 Å². The van der Waals surface area contributed by atoms with Crippen molar-refractivity contribution in [3.8, 4) is 0 Å². The maximum Gasteiger partial charge on any atom is 0.0694 e. The first-order valence-corrected chi connectivity index (χ1v) is 4.01. The van der Waals surface area contributed by atoms with Crippen LogP contribution in [0, 0.1) is 0 Å². The van der Waals surface area contributed by atoms with Gasteiger partial charge in [-0.15, -0.1) is 11.6 Å². The molecule has 0 amide bonds. The highest BCUT2D eigenvalue weighted by molar-refractivity contribution is 9.09. The van der Waals surface area contributed by atoms with Crippen LogP contribution in [0.5, 0.6) is 0 Å². The molecule has 0 N–H and O–H groups in total. The number of hydrogen-bond acceptors (Lipinski definition) is 0. The molecule has 0 aliphatic rings. The zero-order chi connectivity index (χ0) is 6.62. The van der Waals surface area contributed by atoms with Crippen molar-refractivity contribution in [2.24, 2.45) is 0 Å². The molecule has 0 spiro atoms. The Hall–Kier alpha value is 0.510. The third-order valence-corrected chi connectivity index (χ3v) is 2.52. The van der Waals surface area contributed by atoms with Gasteiger partial charge in [-0.1, -0.05) is 28.1 Å². The van der Waals surface area contributed by atoms with Crippen molar-refractivity contribution >= 4 is 27.5 Å². The summed E-state index contributed by atoms with van der Waals surface area (Å²) in [6, 6.07) is 0. The van der Waals surface area contributed by atoms with Gasteiger partial charge in [-0.2, -0.15) is 0 Å². The van der Waals surface area contributed by atoms with Gasteiger partial charge in [0.1, 0.15) is 0 Å². The first-order valence-electron chi connectivity index (χ1n) is 2.51. The van der Waals surface area contributed by atoms with E-state index in [0.29, 0.717) is 0 Å². The summed E-state index contributed by atoms with van der Waals surface area (Å²) in [5, 5.41) is 0.798. The lowest BCUT2D eigenvalue weighted by Crippen LogP contribution is -2.13. The van der Waals surface area contributed by atoms with Crippen molar-refractivity contribution in [1.29, 1.82) is 0 Å². The molecule has 0 aromatic heterocycles. The highest BCUT2D eigenvalue weighted by Gasteiger charge is 2.12. The van der Waals surface area contributed by atoms with Gasteiger partial charge in [0, 0.05) is 5.33 Å². The van der Waals surface area contributed by atoms with Gasteiger partial charge in [-0.3, -0.25) is 0 Å². The lowest BCUT2D eigenvalue weighted by atomic mass is 10.2. The minimum atomic E-state index is -0.200. The van der Waals surface area contributed by atoms with E-state index >= 15 is 0 Å². The topological polar surface area (TPSA) is 0 Å². The second-order valence-electron chi connectivity index (χ2n) is 1.91. The van der Waals surface area contributed by atoms with E-state index in [1.807, 2.05) is 26.0 Å². The molecular formula is C6H10BrCl. The van der Waals surface area contributed by atoms with Crippen LogP contribution in [0.15, 0.2) is 12.2 Å². The smallest absolute Gasteiger partial charge is 0.0694 e. The third-order valence-electron chi connectivity index (χ3n) is 0.775. The van der Waals surface area contributed by atoms with E-state index in [1.54, 1.807) is 0 Å². The molecule has 0 saturated heterocycles. The normalized spacial score (nSPS) is 19.0. The number of rotatable bonds is 2. The van der Waals surface area contributed by atoms with Crippen LogP contribution >= 0.6 is 27.5 Å². The summed E-state index contributed by atoms with van der Waals surface area (Å²) in [6.07, 6.45) is 3.91. The standard InChI is InChI=1S/C6H10BrCl/c1-3-4-6(2,8)5-7/h3-4H,5H2,1-2H3/b4-3+. The molecule has 1 unspecified atom stereocenters. The van der Waals surface area contributed by atoms with E-state index in [1.165, 1.54) is 0 Å². The molecule has 48 valence electrons. The SMILES string of the molecule is C/C=C/C(C)(Cl)CBr. The van der Waals surface area contributed by atoms with Gasteiger partial charge in [0.25, 0.3) is 0 Å². The molecule has 0 radical (unpaired) electrons. The van der Waals surface area contributed by atoms with Crippen molar-refractivity contribution < 1.29 is 0 Å². The molecule has 0 aliphatic carbocycles. The van der Waals surface area contributed by atoms with Gasteiger partial charge in [-0.25, -0.2) is 0 Å². The second-order valence-corrected chi connectivity index (χ2v) is 3.34. The Morgan fingerprint density at radius 2 is 2.25 bits per heavy atom. The molecule has 0 bridgehead atoms. The summed E-state index contributed by atoms with van der Waals surface area (Å²) in [4.78, 5) is -0.200. The maximum absolute atomic E-state index is 5.89. The molecule has 0 fully saturated rings. The Balaban J connectivity index is 3.71. The van der Waals surface area contributed by atoms with Crippen LogP contribution in [-0.4, -0.2) is 10.2 Å². The van der Waals surface area contributed by atoms with Gasteiger partial charge < -0.3 is 0 Å². The van der Waals surface area contributed by atoms with Crippen LogP contribution in [0.3, 0.4) is 0 Å². The van der Waals surface area contributed by atoms with E-state index < -0.39 is 0 Å². The minimum absolute atomic E-state index is 0.200. The molecule has 0 aromatic rings. The molecule has 0 nitrogen and oxygen atoms in total. The number of hydrogen-bond donors (Lipinski definition) is 0. The van der Waals surface area contributed by atoms with Crippen molar-refractivity contribution in [3.63, 3.8) is 0 Å². The maximum atomic E-state index is 5.89. The fourth-order valence-corrected chi connectivity index (χ4v) is 0.705. The van der Waals surface area contributed by atoms with E-state index in [0.717, 1.165) is 5.33 Å². The molecule has 0 saturated carbocycles. The Labute approximate surface area is 64.0 Å². The van der Waals surface area contributed by atoms with Crippen LogP contribution in [-0.2, 0) is 0 Å². The van der Waals surface area contributed by atoms with Crippen LogP contribution in [0.2, 0.25) is 0 Å². The lowest BCUT2D eigenvalue weighted by Gasteiger charge is -2.11. The molecule has 8 heavy (non-hydrogen) atoms. The van der Waals surface area contributed by atoms with Crippen LogP contribution in [0.25, 0.3) is 0 Å². The number of halogens is 2. The second kappa shape index (κ2) is 3.52. The molecule has 0 aliphatic heterocycles. The van der Waals surface area contributed by atoms with Crippen molar-refractivity contribution in [2.45, 2.75) is 18.7 Å². The minimum Gasteiger partial charge on any atom is -0.114 e. The number of allylic oxidation sites excluding steroid dienone is 2. The lowest BCUT2D eigenvalue weighted by molar-refractivity contribution is 0.903. The molecule has 0 aromatic carbocycles. The van der Waals surface area contributed by atoms with Gasteiger partial charge >= 0.3 is 0 Å². The summed E-state index contributed by atoms with van der Waals surface area (Å²) < 4.78 is 0. The Morgan fingerprint density at radius 1 is 1.75 bits per heavy atom. The first-order chi connectivity index (χ1) is 3.62. The summed E-state index contributed by atoms with van der Waals surface area (Å²) >= 11 is 9.18. The average molecular weight is 198 g/mol. The Bertz CT molecular complexity index is 86.5. The fourth-order valence-electron chi connectivity index (χ4n) is 0.392. The largest absolute Gasteiger partial charge is 0.114 e. The summed E-state index contributed by atoms with van der Waals surface area (Å²) in [5.74, 6) is 0. The summed E-state index contributed by atoms with van der Waals surface area (Å²) in [5.41, 5.74) is 0. The Morgan fingerprint density at radius 3 is 2.38 bits per heavy atom. The fraction of sp³-hybridized carbons (Fsp3) is 0.667. The van der Waals surface area contributed by atoms with Gasteiger partial charge in [0.2, 0.25) is 0 Å². The zero-order valence-corrected chi connectivity index (χ0v) is 7.46. The van der Waals surface area contributed by atoms with Gasteiger partial charge in [0.05, 0.1) is 4.87 Å². The third kappa shape index (κ3) is 3.50. The molecular weight excluding hydrogens is 187 g/mol. The van der Waals surface area contributed by atoms with Crippen molar-refractivity contribution in [2.75, 3.05) is 5.33 Å². The quantitative estimate of drug-likeness (QED) is 0.472. The highest BCUT2D eigenvalue weighted by atomic mass is 79.9. The van der Waals surface area contributed by atoms with Crippen LogP contribution in [0.1, 0.15) is 13.8 Å². The van der Waals surface area contributed by atoms with Crippen LogP contribution < -0.4 is 0 Å². The summed E-state index contributed by atoms with van der Waals surface area (Å²) in [7, 11) is 0. The molecule has 1 atom stereocenters. The monoisotopic (exact) mass is 196 g/mol. The Kier molecular flexibility index (Phi) is 3.74. The van der Waals surface area contributed by atoms with E-state index in [9.17, 15) is 0 Å². The van der Waals surface area contributed by atoms with Gasteiger partial charge in [0.15, 0.2) is 0 Å². The first kappa shape index (κ1) is 8.51. The average Bonchev–Trinajstić information content (AvgIpc) is 1.67. The summed E-state index contributed by atoms with van der Waals surface area (Å²) in [6.45, 7) is 3.92. The molecule has 0 heterocycles. The zero-order valence-electron chi connectivity index (χ0n) is 5.12. The predicted octanol–water partition coefficient (Wildman–Crippen LogP) is 2.95. The van der Waals surface area contributed by atoms with Crippen molar-refractivity contribution in [3.05, 3.63) is 12.2 Å². The van der Waals surface area contributed by atoms with Crippen LogP contribution in [0.4, 0.5) is 0 Å². The van der Waals surface area contributed by atoms with E-state index in [2.05, 4.69) is 15.9 Å². The van der Waals surface area contributed by atoms with E-state index in [4.69, 9.17) is 11.6 Å². The molecule has 0 rings (SSSR count). The molecule has 2 heteroatoms. The van der Waals surface area contributed by atoms with E-state index in [-0.39, 0.29) is 4.87 Å². The predicted molar refractivity (Wildman–Crippen MR) is 42.9 cm³/mol. The number of alkyl halides is 2. The highest BCUT2D eigenvalue weighted by Crippen LogP contribution is 2.18.